The summed E-state index contributed by atoms with van der Waals surface area (Å²) in [6.07, 6.45) is 1.73. The Balaban J connectivity index is 2.37. The van der Waals surface area contributed by atoms with Crippen molar-refractivity contribution in [3.05, 3.63) is 47.4 Å². The van der Waals surface area contributed by atoms with E-state index in [0.717, 1.165) is 11.5 Å². The minimum absolute atomic E-state index is 0.348. The second-order valence-corrected chi connectivity index (χ2v) is 4.88. The number of hydrogen-bond acceptors (Lipinski definition) is 4. The Labute approximate surface area is 114 Å². The molecule has 1 heterocycles. The van der Waals surface area contributed by atoms with Crippen LogP contribution in [0.2, 0.25) is 0 Å². The molecule has 0 unspecified atom stereocenters. The fourth-order valence-corrected chi connectivity index (χ4v) is 2.04. The van der Waals surface area contributed by atoms with Gasteiger partial charge < -0.3 is 11.1 Å². The van der Waals surface area contributed by atoms with Crippen LogP contribution in [0.3, 0.4) is 0 Å². The number of aromatic nitrogens is 2. The average molecular weight is 256 g/mol. The molecule has 0 radical (unpaired) electrons. The normalized spacial score (nSPS) is 10.8. The van der Waals surface area contributed by atoms with Crippen molar-refractivity contribution in [2.24, 2.45) is 5.73 Å². The minimum atomic E-state index is 0.348. The third kappa shape index (κ3) is 3.09. The van der Waals surface area contributed by atoms with E-state index >= 15 is 0 Å². The highest BCUT2D eigenvalue weighted by Crippen LogP contribution is 2.29. The SMILES string of the molecule is Cc1cccc(C(C)C)c1Nc1ccnc(CN)n1. The van der Waals surface area contributed by atoms with Crippen LogP contribution in [0.1, 0.15) is 36.7 Å². The van der Waals surface area contributed by atoms with Crippen LogP contribution in [0.15, 0.2) is 30.5 Å². The highest BCUT2D eigenvalue weighted by atomic mass is 15.0. The van der Waals surface area contributed by atoms with Crippen LogP contribution in [0.5, 0.6) is 0 Å². The van der Waals surface area contributed by atoms with Crippen molar-refractivity contribution in [3.8, 4) is 0 Å². The summed E-state index contributed by atoms with van der Waals surface area (Å²) in [5.41, 5.74) is 9.18. The fraction of sp³-hybridized carbons (Fsp3) is 0.333. The highest BCUT2D eigenvalue weighted by molar-refractivity contribution is 5.65. The van der Waals surface area contributed by atoms with E-state index in [0.29, 0.717) is 18.3 Å². The summed E-state index contributed by atoms with van der Waals surface area (Å²) in [5.74, 6) is 1.88. The van der Waals surface area contributed by atoms with Gasteiger partial charge in [-0.05, 0) is 30.0 Å². The largest absolute Gasteiger partial charge is 0.340 e. The van der Waals surface area contributed by atoms with Crippen LogP contribution in [-0.4, -0.2) is 9.97 Å². The van der Waals surface area contributed by atoms with Crippen molar-refractivity contribution in [2.45, 2.75) is 33.2 Å². The highest BCUT2D eigenvalue weighted by Gasteiger charge is 2.09. The lowest BCUT2D eigenvalue weighted by Crippen LogP contribution is -2.06. The first kappa shape index (κ1) is 13.5. The summed E-state index contributed by atoms with van der Waals surface area (Å²) >= 11 is 0. The molecule has 2 aromatic rings. The van der Waals surface area contributed by atoms with Crippen molar-refractivity contribution in [3.63, 3.8) is 0 Å². The van der Waals surface area contributed by atoms with Crippen molar-refractivity contribution in [1.29, 1.82) is 0 Å². The molecule has 2 rings (SSSR count). The molecule has 0 amide bonds. The molecule has 0 saturated carbocycles. The van der Waals surface area contributed by atoms with Gasteiger partial charge in [0.15, 0.2) is 0 Å². The zero-order chi connectivity index (χ0) is 13.8. The van der Waals surface area contributed by atoms with Gasteiger partial charge in [-0.2, -0.15) is 0 Å². The fourth-order valence-electron chi connectivity index (χ4n) is 2.04. The first-order valence-corrected chi connectivity index (χ1v) is 6.50. The Hall–Kier alpha value is -1.94. The first-order chi connectivity index (χ1) is 9.11. The molecule has 0 atom stereocenters. The minimum Gasteiger partial charge on any atom is -0.340 e. The van der Waals surface area contributed by atoms with E-state index < -0.39 is 0 Å². The third-order valence-electron chi connectivity index (χ3n) is 3.07. The van der Waals surface area contributed by atoms with Crippen molar-refractivity contribution in [1.82, 2.24) is 9.97 Å². The number of hydrogen-bond donors (Lipinski definition) is 2. The van der Waals surface area contributed by atoms with Gasteiger partial charge in [-0.25, -0.2) is 9.97 Å². The molecule has 0 aliphatic heterocycles. The standard InChI is InChI=1S/C15H20N4/c1-10(2)12-6-4-5-11(3)15(12)19-13-7-8-17-14(9-16)18-13/h4-8,10H,9,16H2,1-3H3,(H,17,18,19). The molecule has 0 aliphatic rings. The maximum absolute atomic E-state index is 5.57. The molecule has 1 aromatic carbocycles. The molecule has 0 bridgehead atoms. The number of aryl methyl sites for hydroxylation is 1. The average Bonchev–Trinajstić information content (AvgIpc) is 2.41. The number of benzene rings is 1. The van der Waals surface area contributed by atoms with Crippen molar-refractivity contribution < 1.29 is 0 Å². The molecule has 0 fully saturated rings. The number of nitrogens with one attached hydrogen (secondary N) is 1. The lowest BCUT2D eigenvalue weighted by molar-refractivity contribution is 0.866. The van der Waals surface area contributed by atoms with E-state index in [2.05, 4.69) is 54.3 Å². The maximum Gasteiger partial charge on any atom is 0.144 e. The van der Waals surface area contributed by atoms with Crippen LogP contribution >= 0.6 is 0 Å². The number of nitrogens with two attached hydrogens (primary N) is 1. The monoisotopic (exact) mass is 256 g/mol. The van der Waals surface area contributed by atoms with Crippen LogP contribution in [0.25, 0.3) is 0 Å². The predicted molar refractivity (Wildman–Crippen MR) is 78.5 cm³/mol. The summed E-state index contributed by atoms with van der Waals surface area (Å²) in [4.78, 5) is 8.48. The predicted octanol–water partition coefficient (Wildman–Crippen LogP) is 3.11. The topological polar surface area (TPSA) is 63.8 Å². The van der Waals surface area contributed by atoms with Crippen LogP contribution in [0.4, 0.5) is 11.5 Å². The Morgan fingerprint density at radius 2 is 2.05 bits per heavy atom. The van der Waals surface area contributed by atoms with Gasteiger partial charge in [0.05, 0.1) is 6.54 Å². The molecule has 0 aliphatic carbocycles. The molecule has 0 spiro atoms. The summed E-state index contributed by atoms with van der Waals surface area (Å²) in [7, 11) is 0. The van der Waals surface area contributed by atoms with E-state index in [9.17, 15) is 0 Å². The van der Waals surface area contributed by atoms with Crippen molar-refractivity contribution in [2.75, 3.05) is 5.32 Å². The smallest absolute Gasteiger partial charge is 0.144 e. The lowest BCUT2D eigenvalue weighted by Gasteiger charge is -2.17. The number of para-hydroxylation sites is 1. The van der Waals surface area contributed by atoms with E-state index in [-0.39, 0.29) is 0 Å². The quantitative estimate of drug-likeness (QED) is 0.882. The van der Waals surface area contributed by atoms with Gasteiger partial charge in [-0.1, -0.05) is 32.0 Å². The Morgan fingerprint density at radius 3 is 2.74 bits per heavy atom. The van der Waals surface area contributed by atoms with Gasteiger partial charge in [0.2, 0.25) is 0 Å². The molecule has 4 heteroatoms. The molecule has 0 saturated heterocycles. The number of anilines is 2. The Morgan fingerprint density at radius 1 is 1.26 bits per heavy atom. The summed E-state index contributed by atoms with van der Waals surface area (Å²) in [5, 5.41) is 3.39. The third-order valence-corrected chi connectivity index (χ3v) is 3.07. The zero-order valence-corrected chi connectivity index (χ0v) is 11.6. The number of rotatable bonds is 4. The van der Waals surface area contributed by atoms with Gasteiger partial charge in [-0.3, -0.25) is 0 Å². The summed E-state index contributed by atoms with van der Waals surface area (Å²) in [6.45, 7) is 6.82. The second-order valence-electron chi connectivity index (χ2n) is 4.88. The van der Waals surface area contributed by atoms with E-state index in [1.54, 1.807) is 6.20 Å². The van der Waals surface area contributed by atoms with Crippen LogP contribution in [0, 0.1) is 6.92 Å². The molecule has 3 N–H and O–H groups in total. The molecular weight excluding hydrogens is 236 g/mol. The van der Waals surface area contributed by atoms with Crippen molar-refractivity contribution >= 4 is 11.5 Å². The lowest BCUT2D eigenvalue weighted by atomic mass is 9.98. The first-order valence-electron chi connectivity index (χ1n) is 6.50. The molecule has 1 aromatic heterocycles. The van der Waals surface area contributed by atoms with E-state index in [4.69, 9.17) is 5.73 Å². The summed E-state index contributed by atoms with van der Waals surface area (Å²) in [6, 6.07) is 8.18. The summed E-state index contributed by atoms with van der Waals surface area (Å²) < 4.78 is 0. The Kier molecular flexibility index (Phi) is 4.12. The number of nitrogens with zero attached hydrogens (tertiary/aromatic N) is 2. The Bertz CT molecular complexity index is 564. The molecule has 100 valence electrons. The maximum atomic E-state index is 5.57. The van der Waals surface area contributed by atoms with Crippen LogP contribution in [-0.2, 0) is 6.54 Å². The molecule has 4 nitrogen and oxygen atoms in total. The van der Waals surface area contributed by atoms with E-state index in [1.165, 1.54) is 11.1 Å². The van der Waals surface area contributed by atoms with Crippen LogP contribution < -0.4 is 11.1 Å². The second kappa shape index (κ2) is 5.80. The molecule has 19 heavy (non-hydrogen) atoms. The van der Waals surface area contributed by atoms with Gasteiger partial charge in [0, 0.05) is 11.9 Å². The van der Waals surface area contributed by atoms with Gasteiger partial charge >= 0.3 is 0 Å². The van der Waals surface area contributed by atoms with Gasteiger partial charge in [0.25, 0.3) is 0 Å². The van der Waals surface area contributed by atoms with Gasteiger partial charge in [-0.15, -0.1) is 0 Å². The molecular formula is C15H20N4. The zero-order valence-electron chi connectivity index (χ0n) is 11.6. The van der Waals surface area contributed by atoms with Gasteiger partial charge in [0.1, 0.15) is 11.6 Å². The van der Waals surface area contributed by atoms with E-state index in [1.807, 2.05) is 6.07 Å².